The van der Waals surface area contributed by atoms with Crippen LogP contribution in [0.1, 0.15) is 12.8 Å². The van der Waals surface area contributed by atoms with E-state index in [-0.39, 0.29) is 34.5 Å². The van der Waals surface area contributed by atoms with Crippen molar-refractivity contribution in [1.82, 2.24) is 5.32 Å². The molecular formula is C13H16BrFN2O3. The van der Waals surface area contributed by atoms with Gasteiger partial charge in [-0.1, -0.05) is 0 Å². The Kier molecular flexibility index (Phi) is 5.19. The molecule has 0 aliphatic carbocycles. The van der Waals surface area contributed by atoms with Gasteiger partial charge in [-0.15, -0.1) is 0 Å². The van der Waals surface area contributed by atoms with E-state index in [9.17, 15) is 9.18 Å². The van der Waals surface area contributed by atoms with Crippen molar-refractivity contribution in [2.45, 2.75) is 18.9 Å². The van der Waals surface area contributed by atoms with Gasteiger partial charge in [-0.2, -0.15) is 0 Å². The van der Waals surface area contributed by atoms with Gasteiger partial charge in [0.15, 0.2) is 6.61 Å². The van der Waals surface area contributed by atoms with Gasteiger partial charge in [-0.25, -0.2) is 4.39 Å². The van der Waals surface area contributed by atoms with Crippen molar-refractivity contribution in [2.75, 3.05) is 25.6 Å². The molecule has 0 radical (unpaired) electrons. The van der Waals surface area contributed by atoms with Crippen LogP contribution in [0.2, 0.25) is 0 Å². The summed E-state index contributed by atoms with van der Waals surface area (Å²) in [7, 11) is 0. The number of nitrogen functional groups attached to an aromatic ring is 1. The van der Waals surface area contributed by atoms with Crippen LogP contribution in [0.25, 0.3) is 0 Å². The summed E-state index contributed by atoms with van der Waals surface area (Å²) >= 11 is 3.02. The zero-order valence-electron chi connectivity index (χ0n) is 10.8. The third kappa shape index (κ3) is 4.08. The number of nitrogens with one attached hydrogen (secondary N) is 1. The lowest BCUT2D eigenvalue weighted by Gasteiger charge is -2.23. The SMILES string of the molecule is Nc1cc(Br)c(F)cc1OCC(=O)NC1CCOCC1. The number of benzene rings is 1. The molecule has 110 valence electrons. The molecule has 0 atom stereocenters. The van der Waals surface area contributed by atoms with Crippen molar-refractivity contribution >= 4 is 27.5 Å². The zero-order valence-corrected chi connectivity index (χ0v) is 12.4. The van der Waals surface area contributed by atoms with Crippen molar-refractivity contribution in [3.05, 3.63) is 22.4 Å². The van der Waals surface area contributed by atoms with Gasteiger partial charge in [0.2, 0.25) is 0 Å². The number of hydrogen-bond acceptors (Lipinski definition) is 4. The second kappa shape index (κ2) is 6.90. The van der Waals surface area contributed by atoms with Crippen LogP contribution in [-0.2, 0) is 9.53 Å². The molecule has 0 saturated carbocycles. The van der Waals surface area contributed by atoms with Crippen molar-refractivity contribution in [3.8, 4) is 5.75 Å². The number of carbonyl (C=O) groups is 1. The lowest BCUT2D eigenvalue weighted by molar-refractivity contribution is -0.124. The Balaban J connectivity index is 1.85. The molecule has 7 heteroatoms. The van der Waals surface area contributed by atoms with E-state index in [4.69, 9.17) is 15.2 Å². The molecule has 1 fully saturated rings. The van der Waals surface area contributed by atoms with Gasteiger partial charge in [0.05, 0.1) is 10.2 Å². The Bertz CT molecular complexity index is 493. The number of hydrogen-bond donors (Lipinski definition) is 2. The fourth-order valence-electron chi connectivity index (χ4n) is 1.92. The molecule has 1 saturated heterocycles. The first-order valence-corrected chi connectivity index (χ1v) is 7.10. The average molecular weight is 347 g/mol. The van der Waals surface area contributed by atoms with Crippen molar-refractivity contribution in [3.63, 3.8) is 0 Å². The minimum absolute atomic E-state index is 0.110. The van der Waals surface area contributed by atoms with Crippen LogP contribution in [0.4, 0.5) is 10.1 Å². The monoisotopic (exact) mass is 346 g/mol. The largest absolute Gasteiger partial charge is 0.482 e. The van der Waals surface area contributed by atoms with Crippen LogP contribution in [0.3, 0.4) is 0 Å². The van der Waals surface area contributed by atoms with Crippen LogP contribution in [0, 0.1) is 5.82 Å². The third-order valence-electron chi connectivity index (χ3n) is 3.00. The Labute approximate surface area is 124 Å². The quantitative estimate of drug-likeness (QED) is 0.816. The molecule has 1 aliphatic heterocycles. The topological polar surface area (TPSA) is 73.6 Å². The van der Waals surface area contributed by atoms with Gasteiger partial charge in [0.25, 0.3) is 5.91 Å². The van der Waals surface area contributed by atoms with E-state index < -0.39 is 5.82 Å². The smallest absolute Gasteiger partial charge is 0.258 e. The van der Waals surface area contributed by atoms with Crippen molar-refractivity contribution < 1.29 is 18.7 Å². The summed E-state index contributed by atoms with van der Waals surface area (Å²) in [6.07, 6.45) is 1.58. The third-order valence-corrected chi connectivity index (χ3v) is 3.61. The summed E-state index contributed by atoms with van der Waals surface area (Å²) in [4.78, 5) is 11.7. The first kappa shape index (κ1) is 15.1. The number of ether oxygens (including phenoxy) is 2. The standard InChI is InChI=1S/C13H16BrFN2O3/c14-9-5-11(16)12(6-10(9)15)20-7-13(18)17-8-1-3-19-4-2-8/h5-6,8H,1-4,7,16H2,(H,17,18). The number of rotatable bonds is 4. The molecule has 0 bridgehead atoms. The van der Waals surface area contributed by atoms with E-state index in [0.717, 1.165) is 18.9 Å². The maximum Gasteiger partial charge on any atom is 0.258 e. The highest BCUT2D eigenvalue weighted by molar-refractivity contribution is 9.10. The Morgan fingerprint density at radius 1 is 1.50 bits per heavy atom. The van der Waals surface area contributed by atoms with Crippen LogP contribution < -0.4 is 15.8 Å². The molecule has 1 aromatic carbocycles. The normalized spacial score (nSPS) is 15.9. The Morgan fingerprint density at radius 2 is 2.20 bits per heavy atom. The van der Waals surface area contributed by atoms with E-state index in [2.05, 4.69) is 21.2 Å². The van der Waals surface area contributed by atoms with Gasteiger partial charge in [0, 0.05) is 25.3 Å². The molecule has 0 aromatic heterocycles. The molecule has 5 nitrogen and oxygen atoms in total. The molecule has 1 heterocycles. The maximum atomic E-state index is 13.4. The molecule has 3 N–H and O–H groups in total. The van der Waals surface area contributed by atoms with E-state index in [0.29, 0.717) is 13.2 Å². The lowest BCUT2D eigenvalue weighted by Crippen LogP contribution is -2.41. The summed E-state index contributed by atoms with van der Waals surface area (Å²) < 4.78 is 24.1. The molecule has 2 rings (SSSR count). The number of halogens is 2. The van der Waals surface area contributed by atoms with Crippen LogP contribution in [0.15, 0.2) is 16.6 Å². The van der Waals surface area contributed by atoms with Gasteiger partial charge in [-0.3, -0.25) is 4.79 Å². The van der Waals surface area contributed by atoms with E-state index in [1.165, 1.54) is 6.07 Å². The number of anilines is 1. The van der Waals surface area contributed by atoms with E-state index in [1.54, 1.807) is 0 Å². The van der Waals surface area contributed by atoms with E-state index in [1.807, 2.05) is 0 Å². The minimum atomic E-state index is -0.487. The van der Waals surface area contributed by atoms with Gasteiger partial charge in [-0.05, 0) is 34.8 Å². The zero-order chi connectivity index (χ0) is 14.5. The fourth-order valence-corrected chi connectivity index (χ4v) is 2.28. The summed E-state index contributed by atoms with van der Waals surface area (Å²) in [5, 5.41) is 2.85. The van der Waals surface area contributed by atoms with Gasteiger partial charge >= 0.3 is 0 Å². The van der Waals surface area contributed by atoms with Gasteiger partial charge < -0.3 is 20.5 Å². The molecule has 20 heavy (non-hydrogen) atoms. The predicted molar refractivity (Wildman–Crippen MR) is 76.0 cm³/mol. The first-order chi connectivity index (χ1) is 9.56. The van der Waals surface area contributed by atoms with Crippen LogP contribution in [0.5, 0.6) is 5.75 Å². The molecule has 0 unspecified atom stereocenters. The second-order valence-corrected chi connectivity index (χ2v) is 5.40. The first-order valence-electron chi connectivity index (χ1n) is 6.30. The fraction of sp³-hybridized carbons (Fsp3) is 0.462. The summed E-state index contributed by atoms with van der Waals surface area (Å²) in [6.45, 7) is 1.11. The molecule has 1 amide bonds. The summed E-state index contributed by atoms with van der Waals surface area (Å²) in [5.74, 6) is -0.577. The summed E-state index contributed by atoms with van der Waals surface area (Å²) in [5.41, 5.74) is 5.97. The Morgan fingerprint density at radius 3 is 2.90 bits per heavy atom. The van der Waals surface area contributed by atoms with Crippen molar-refractivity contribution in [2.24, 2.45) is 0 Å². The molecule has 1 aliphatic rings. The lowest BCUT2D eigenvalue weighted by atomic mass is 10.1. The summed E-state index contributed by atoms with van der Waals surface area (Å²) in [6, 6.07) is 2.67. The molecule has 1 aromatic rings. The highest BCUT2D eigenvalue weighted by atomic mass is 79.9. The highest BCUT2D eigenvalue weighted by Gasteiger charge is 2.16. The van der Waals surface area contributed by atoms with E-state index >= 15 is 0 Å². The number of amides is 1. The van der Waals surface area contributed by atoms with Crippen molar-refractivity contribution in [1.29, 1.82) is 0 Å². The Hall–Kier alpha value is -1.34. The minimum Gasteiger partial charge on any atom is -0.482 e. The second-order valence-electron chi connectivity index (χ2n) is 4.55. The molecular weight excluding hydrogens is 331 g/mol. The molecule has 0 spiro atoms. The predicted octanol–water partition coefficient (Wildman–Crippen LogP) is 1.84. The number of nitrogens with two attached hydrogens (primary N) is 1. The number of carbonyl (C=O) groups excluding carboxylic acids is 1. The highest BCUT2D eigenvalue weighted by Crippen LogP contribution is 2.28. The average Bonchev–Trinajstić information content (AvgIpc) is 2.42. The van der Waals surface area contributed by atoms with Crippen LogP contribution in [-0.4, -0.2) is 31.8 Å². The van der Waals surface area contributed by atoms with Crippen LogP contribution >= 0.6 is 15.9 Å². The maximum absolute atomic E-state index is 13.4. The van der Waals surface area contributed by atoms with Gasteiger partial charge in [0.1, 0.15) is 11.6 Å².